The molecule has 0 amide bonds. The summed E-state index contributed by atoms with van der Waals surface area (Å²) in [5, 5.41) is 1.34. The van der Waals surface area contributed by atoms with Gasteiger partial charge in [0, 0.05) is 15.1 Å². The van der Waals surface area contributed by atoms with Crippen molar-refractivity contribution in [2.45, 2.75) is 0 Å². The lowest BCUT2D eigenvalue weighted by molar-refractivity contribution is 0.0919. The molecule has 110 valence electrons. The van der Waals surface area contributed by atoms with E-state index >= 15 is 0 Å². The Balaban J connectivity index is 1.80. The fourth-order valence-corrected chi connectivity index (χ4v) is 2.46. The van der Waals surface area contributed by atoms with Crippen LogP contribution in [0.4, 0.5) is 0 Å². The molecule has 1 aromatic heterocycles. The smallest absolute Gasteiger partial charge is 0.224 e. The minimum Gasteiger partial charge on any atom is -0.469 e. The maximum atomic E-state index is 12.1. The second kappa shape index (κ2) is 6.42. The Morgan fingerprint density at radius 1 is 1.14 bits per heavy atom. The molecule has 0 aliphatic heterocycles. The maximum Gasteiger partial charge on any atom is 0.224 e. The van der Waals surface area contributed by atoms with Crippen LogP contribution in [0.3, 0.4) is 0 Å². The predicted molar refractivity (Wildman–Crippen MR) is 88.5 cm³/mol. The normalized spacial score (nSPS) is 10.6. The van der Waals surface area contributed by atoms with Crippen molar-refractivity contribution in [3.8, 4) is 5.88 Å². The molecule has 22 heavy (non-hydrogen) atoms. The fourth-order valence-electron chi connectivity index (χ4n) is 1.97. The van der Waals surface area contributed by atoms with Crippen LogP contribution in [0.25, 0.3) is 10.9 Å². The molecule has 4 nitrogen and oxygen atoms in total. The molecular formula is C16H10BrClN2O2. The van der Waals surface area contributed by atoms with Crippen molar-refractivity contribution < 1.29 is 9.53 Å². The minimum atomic E-state index is -0.140. The average molecular weight is 378 g/mol. The van der Waals surface area contributed by atoms with Gasteiger partial charge in [0.2, 0.25) is 5.88 Å². The van der Waals surface area contributed by atoms with Crippen LogP contribution >= 0.6 is 27.5 Å². The molecule has 0 aliphatic rings. The van der Waals surface area contributed by atoms with Gasteiger partial charge in [-0.2, -0.15) is 0 Å². The standard InChI is InChI=1S/C16H10BrClN2O2/c17-11-3-6-14-13(7-11)16(20-9-19-14)22-8-15(21)10-1-4-12(18)5-2-10/h1-7,9H,8H2. The molecule has 6 heteroatoms. The fraction of sp³-hybridized carbons (Fsp3) is 0.0625. The number of ketones is 1. The third kappa shape index (κ3) is 3.26. The summed E-state index contributed by atoms with van der Waals surface area (Å²) in [6, 6.07) is 12.3. The summed E-state index contributed by atoms with van der Waals surface area (Å²) >= 11 is 9.21. The number of carbonyl (C=O) groups is 1. The van der Waals surface area contributed by atoms with Gasteiger partial charge in [-0.3, -0.25) is 4.79 Å². The molecule has 0 saturated heterocycles. The van der Waals surface area contributed by atoms with Gasteiger partial charge in [-0.05, 0) is 42.5 Å². The van der Waals surface area contributed by atoms with E-state index in [9.17, 15) is 4.79 Å². The van der Waals surface area contributed by atoms with Crippen LogP contribution in [0.5, 0.6) is 5.88 Å². The average Bonchev–Trinajstić information content (AvgIpc) is 2.53. The van der Waals surface area contributed by atoms with Gasteiger partial charge in [-0.15, -0.1) is 0 Å². The number of ether oxygens (including phenoxy) is 1. The highest BCUT2D eigenvalue weighted by Gasteiger charge is 2.10. The topological polar surface area (TPSA) is 52.1 Å². The molecule has 0 N–H and O–H groups in total. The van der Waals surface area contributed by atoms with Gasteiger partial charge in [-0.25, -0.2) is 9.97 Å². The van der Waals surface area contributed by atoms with E-state index in [0.29, 0.717) is 16.5 Å². The number of aromatic nitrogens is 2. The van der Waals surface area contributed by atoms with Gasteiger partial charge in [0.15, 0.2) is 12.4 Å². The molecule has 3 rings (SSSR count). The quantitative estimate of drug-likeness (QED) is 0.636. The Hall–Kier alpha value is -1.98. The molecule has 1 heterocycles. The van der Waals surface area contributed by atoms with Gasteiger partial charge < -0.3 is 4.74 Å². The Labute approximate surface area is 140 Å². The van der Waals surface area contributed by atoms with Gasteiger partial charge in [-0.1, -0.05) is 27.5 Å². The van der Waals surface area contributed by atoms with Crippen molar-refractivity contribution in [1.82, 2.24) is 9.97 Å². The van der Waals surface area contributed by atoms with Crippen molar-refractivity contribution in [3.05, 3.63) is 63.9 Å². The van der Waals surface area contributed by atoms with Gasteiger partial charge >= 0.3 is 0 Å². The number of rotatable bonds is 4. The molecule has 2 aromatic carbocycles. The second-order valence-corrected chi connectivity index (χ2v) is 5.91. The monoisotopic (exact) mass is 376 g/mol. The van der Waals surface area contributed by atoms with E-state index in [4.69, 9.17) is 16.3 Å². The second-order valence-electron chi connectivity index (χ2n) is 4.56. The zero-order chi connectivity index (χ0) is 15.5. The molecule has 0 spiro atoms. The summed E-state index contributed by atoms with van der Waals surface area (Å²) in [6.45, 7) is -0.0970. The molecule has 3 aromatic rings. The number of halogens is 2. The summed E-state index contributed by atoms with van der Waals surface area (Å²) in [5.74, 6) is 0.243. The lowest BCUT2D eigenvalue weighted by Crippen LogP contribution is -2.12. The Bertz CT molecular complexity index is 837. The van der Waals surface area contributed by atoms with Crippen LogP contribution in [0, 0.1) is 0 Å². The van der Waals surface area contributed by atoms with E-state index in [-0.39, 0.29) is 12.4 Å². The first-order valence-electron chi connectivity index (χ1n) is 6.45. The molecule has 0 fully saturated rings. The van der Waals surface area contributed by atoms with E-state index in [1.54, 1.807) is 24.3 Å². The number of Topliss-reactive ketones (excluding diaryl/α,β-unsaturated/α-hetero) is 1. The molecule has 0 unspecified atom stereocenters. The lowest BCUT2D eigenvalue weighted by atomic mass is 10.1. The number of nitrogens with zero attached hydrogens (tertiary/aromatic N) is 2. The Kier molecular flexibility index (Phi) is 4.36. The number of carbonyl (C=O) groups excluding carboxylic acids is 1. The third-order valence-electron chi connectivity index (χ3n) is 3.07. The lowest BCUT2D eigenvalue weighted by Gasteiger charge is -2.07. The third-order valence-corrected chi connectivity index (χ3v) is 3.81. The van der Waals surface area contributed by atoms with Crippen LogP contribution in [0.15, 0.2) is 53.3 Å². The largest absolute Gasteiger partial charge is 0.469 e. The van der Waals surface area contributed by atoms with Crippen LogP contribution < -0.4 is 4.74 Å². The highest BCUT2D eigenvalue weighted by Crippen LogP contribution is 2.25. The van der Waals surface area contributed by atoms with Gasteiger partial charge in [0.1, 0.15) is 6.33 Å². The molecule has 0 atom stereocenters. The summed E-state index contributed by atoms with van der Waals surface area (Å²) in [7, 11) is 0. The van der Waals surface area contributed by atoms with E-state index in [2.05, 4.69) is 25.9 Å². The first-order valence-corrected chi connectivity index (χ1v) is 7.62. The molecule has 0 bridgehead atoms. The molecule has 0 aliphatic carbocycles. The number of hydrogen-bond donors (Lipinski definition) is 0. The number of benzene rings is 2. The van der Waals surface area contributed by atoms with E-state index < -0.39 is 0 Å². The van der Waals surface area contributed by atoms with Crippen LogP contribution in [0.1, 0.15) is 10.4 Å². The Morgan fingerprint density at radius 3 is 2.68 bits per heavy atom. The maximum absolute atomic E-state index is 12.1. The van der Waals surface area contributed by atoms with Crippen molar-refractivity contribution in [2.75, 3.05) is 6.61 Å². The van der Waals surface area contributed by atoms with Crippen molar-refractivity contribution in [3.63, 3.8) is 0 Å². The van der Waals surface area contributed by atoms with Crippen molar-refractivity contribution in [2.24, 2.45) is 0 Å². The van der Waals surface area contributed by atoms with E-state index in [1.165, 1.54) is 6.33 Å². The first-order chi connectivity index (χ1) is 10.6. The minimum absolute atomic E-state index is 0.0970. The summed E-state index contributed by atoms with van der Waals surface area (Å²) in [6.07, 6.45) is 1.42. The molecular weight excluding hydrogens is 368 g/mol. The number of hydrogen-bond acceptors (Lipinski definition) is 4. The zero-order valence-corrected chi connectivity index (χ0v) is 13.6. The highest BCUT2D eigenvalue weighted by atomic mass is 79.9. The van der Waals surface area contributed by atoms with E-state index in [0.717, 1.165) is 15.4 Å². The van der Waals surface area contributed by atoms with Crippen LogP contribution in [0.2, 0.25) is 5.02 Å². The van der Waals surface area contributed by atoms with Gasteiger partial charge in [0.05, 0.1) is 10.9 Å². The SMILES string of the molecule is O=C(COc1ncnc2ccc(Br)cc12)c1ccc(Cl)cc1. The summed E-state index contributed by atoms with van der Waals surface area (Å²) in [4.78, 5) is 20.4. The summed E-state index contributed by atoms with van der Waals surface area (Å²) in [5.41, 5.74) is 1.30. The van der Waals surface area contributed by atoms with Gasteiger partial charge in [0.25, 0.3) is 0 Å². The van der Waals surface area contributed by atoms with Crippen LogP contribution in [-0.2, 0) is 0 Å². The zero-order valence-electron chi connectivity index (χ0n) is 11.3. The van der Waals surface area contributed by atoms with E-state index in [1.807, 2.05) is 18.2 Å². The van der Waals surface area contributed by atoms with Crippen molar-refractivity contribution >= 4 is 44.2 Å². The highest BCUT2D eigenvalue weighted by molar-refractivity contribution is 9.10. The molecule has 0 saturated carbocycles. The van der Waals surface area contributed by atoms with Crippen molar-refractivity contribution in [1.29, 1.82) is 0 Å². The predicted octanol–water partition coefficient (Wildman–Crippen LogP) is 4.31. The first kappa shape index (κ1) is 14.9. The van der Waals surface area contributed by atoms with Crippen LogP contribution in [-0.4, -0.2) is 22.4 Å². The number of fused-ring (bicyclic) bond motifs is 1. The molecule has 0 radical (unpaired) electrons. The summed E-state index contributed by atoms with van der Waals surface area (Å²) < 4.78 is 6.46. The Morgan fingerprint density at radius 2 is 1.91 bits per heavy atom.